The molecule has 0 aliphatic heterocycles. The fourth-order valence-corrected chi connectivity index (χ4v) is 3.47. The number of benzene rings is 1. The molecule has 106 valence electrons. The Bertz CT molecular complexity index is 448. The molecule has 0 amide bonds. The maximum absolute atomic E-state index is 14.1. The summed E-state index contributed by atoms with van der Waals surface area (Å²) in [5, 5.41) is 0.417. The van der Waals surface area contributed by atoms with Gasteiger partial charge in [-0.1, -0.05) is 44.4 Å². The highest BCUT2D eigenvalue weighted by Crippen LogP contribution is 2.46. The Kier molecular flexibility index (Phi) is 4.49. The fourth-order valence-electron chi connectivity index (χ4n) is 3.32. The van der Waals surface area contributed by atoms with Crippen molar-refractivity contribution in [3.8, 4) is 0 Å². The van der Waals surface area contributed by atoms with Gasteiger partial charge in [-0.05, 0) is 36.3 Å². The van der Waals surface area contributed by atoms with Gasteiger partial charge in [0.2, 0.25) is 0 Å². The predicted octanol–water partition coefficient (Wildman–Crippen LogP) is 4.20. The number of nitrogens with one attached hydrogen (secondary N) is 1. The van der Waals surface area contributed by atoms with Crippen LogP contribution >= 0.6 is 11.6 Å². The van der Waals surface area contributed by atoms with E-state index < -0.39 is 0 Å². The molecule has 0 aromatic heterocycles. The monoisotopic (exact) mass is 284 g/mol. The molecule has 1 aliphatic carbocycles. The Labute approximate surface area is 119 Å². The smallest absolute Gasteiger partial charge is 0.129 e. The van der Waals surface area contributed by atoms with Gasteiger partial charge < -0.3 is 0 Å². The minimum absolute atomic E-state index is 0.160. The van der Waals surface area contributed by atoms with Gasteiger partial charge in [-0.2, -0.15) is 0 Å². The van der Waals surface area contributed by atoms with Crippen LogP contribution in [0.5, 0.6) is 0 Å². The van der Waals surface area contributed by atoms with Gasteiger partial charge in [-0.3, -0.25) is 11.3 Å². The number of hydrazine groups is 1. The number of nitrogens with two attached hydrogens (primary N) is 1. The van der Waals surface area contributed by atoms with E-state index in [-0.39, 0.29) is 17.3 Å². The van der Waals surface area contributed by atoms with Crippen LogP contribution in [0.2, 0.25) is 5.02 Å². The average molecular weight is 285 g/mol. The maximum Gasteiger partial charge on any atom is 0.129 e. The van der Waals surface area contributed by atoms with Crippen LogP contribution in [0, 0.1) is 17.2 Å². The van der Waals surface area contributed by atoms with E-state index in [0.29, 0.717) is 16.5 Å². The molecule has 1 fully saturated rings. The third-order valence-corrected chi connectivity index (χ3v) is 4.70. The van der Waals surface area contributed by atoms with Crippen molar-refractivity contribution < 1.29 is 4.39 Å². The van der Waals surface area contributed by atoms with Crippen molar-refractivity contribution in [1.82, 2.24) is 5.43 Å². The highest BCUT2D eigenvalue weighted by molar-refractivity contribution is 6.30. The zero-order chi connectivity index (χ0) is 14.0. The van der Waals surface area contributed by atoms with E-state index >= 15 is 0 Å². The summed E-state index contributed by atoms with van der Waals surface area (Å²) in [6.45, 7) is 4.49. The second kappa shape index (κ2) is 5.78. The van der Waals surface area contributed by atoms with Crippen LogP contribution in [-0.4, -0.2) is 0 Å². The van der Waals surface area contributed by atoms with Gasteiger partial charge in [-0.25, -0.2) is 4.39 Å². The lowest BCUT2D eigenvalue weighted by molar-refractivity contribution is 0.0968. The second-order valence-corrected chi connectivity index (χ2v) is 6.59. The van der Waals surface area contributed by atoms with Crippen LogP contribution in [-0.2, 0) is 0 Å². The molecule has 0 bridgehead atoms. The molecule has 1 aliphatic rings. The molecule has 2 unspecified atom stereocenters. The Morgan fingerprint density at radius 3 is 2.74 bits per heavy atom. The standard InChI is InChI=1S/C15H22ClFN2/c1-15(2)8-4-3-5-12(15)14(19-18)11-7-6-10(16)9-13(11)17/h6-7,9,12,14,19H,3-5,8,18H2,1-2H3. The summed E-state index contributed by atoms with van der Waals surface area (Å²) in [6.07, 6.45) is 4.65. The van der Waals surface area contributed by atoms with Crippen molar-refractivity contribution in [3.05, 3.63) is 34.6 Å². The van der Waals surface area contributed by atoms with Gasteiger partial charge in [0.25, 0.3) is 0 Å². The summed E-state index contributed by atoms with van der Waals surface area (Å²) in [5.41, 5.74) is 3.61. The third-order valence-electron chi connectivity index (χ3n) is 4.47. The first kappa shape index (κ1) is 14.8. The summed E-state index contributed by atoms with van der Waals surface area (Å²) in [5.74, 6) is 5.77. The van der Waals surface area contributed by atoms with Crippen LogP contribution in [0.3, 0.4) is 0 Å². The summed E-state index contributed by atoms with van der Waals surface area (Å²) in [7, 11) is 0. The van der Waals surface area contributed by atoms with E-state index in [4.69, 9.17) is 17.4 Å². The van der Waals surface area contributed by atoms with Crippen LogP contribution in [0.4, 0.5) is 4.39 Å². The van der Waals surface area contributed by atoms with E-state index in [1.807, 2.05) is 0 Å². The largest absolute Gasteiger partial charge is 0.271 e. The van der Waals surface area contributed by atoms with Crippen molar-refractivity contribution in [2.45, 2.75) is 45.6 Å². The molecule has 0 saturated heterocycles. The fraction of sp³-hybridized carbons (Fsp3) is 0.600. The van der Waals surface area contributed by atoms with Crippen LogP contribution < -0.4 is 11.3 Å². The lowest BCUT2D eigenvalue weighted by Crippen LogP contribution is -2.42. The van der Waals surface area contributed by atoms with Gasteiger partial charge in [0, 0.05) is 10.6 Å². The minimum Gasteiger partial charge on any atom is -0.271 e. The highest BCUT2D eigenvalue weighted by atomic mass is 35.5. The van der Waals surface area contributed by atoms with E-state index in [0.717, 1.165) is 12.8 Å². The first-order chi connectivity index (χ1) is 8.95. The Hall–Kier alpha value is -0.640. The number of rotatable bonds is 3. The molecule has 1 aromatic carbocycles. The lowest BCUT2D eigenvalue weighted by Gasteiger charge is -2.43. The molecule has 1 aromatic rings. The van der Waals surface area contributed by atoms with Crippen molar-refractivity contribution in [2.75, 3.05) is 0 Å². The molecular weight excluding hydrogens is 263 g/mol. The molecule has 19 heavy (non-hydrogen) atoms. The van der Waals surface area contributed by atoms with Crippen molar-refractivity contribution in [1.29, 1.82) is 0 Å². The van der Waals surface area contributed by atoms with E-state index in [1.54, 1.807) is 12.1 Å². The van der Waals surface area contributed by atoms with Gasteiger partial charge in [0.15, 0.2) is 0 Å². The van der Waals surface area contributed by atoms with Crippen LogP contribution in [0.1, 0.15) is 51.1 Å². The minimum atomic E-state index is -0.281. The molecule has 0 radical (unpaired) electrons. The number of hydrogen-bond donors (Lipinski definition) is 2. The van der Waals surface area contributed by atoms with E-state index in [1.165, 1.54) is 18.9 Å². The normalized spacial score (nSPS) is 24.2. The summed E-state index contributed by atoms with van der Waals surface area (Å²) >= 11 is 5.81. The molecular formula is C15H22ClFN2. The summed E-state index contributed by atoms with van der Waals surface area (Å²) in [4.78, 5) is 0. The first-order valence-corrected chi connectivity index (χ1v) is 7.24. The molecule has 0 spiro atoms. The zero-order valence-electron chi connectivity index (χ0n) is 11.5. The molecule has 3 N–H and O–H groups in total. The topological polar surface area (TPSA) is 38.0 Å². The van der Waals surface area contributed by atoms with Crippen molar-refractivity contribution in [3.63, 3.8) is 0 Å². The Morgan fingerprint density at radius 2 is 2.16 bits per heavy atom. The predicted molar refractivity (Wildman–Crippen MR) is 77.2 cm³/mol. The van der Waals surface area contributed by atoms with Crippen LogP contribution in [0.25, 0.3) is 0 Å². The Morgan fingerprint density at radius 1 is 1.42 bits per heavy atom. The molecule has 0 heterocycles. The second-order valence-electron chi connectivity index (χ2n) is 6.15. The third kappa shape index (κ3) is 3.10. The van der Waals surface area contributed by atoms with Crippen LogP contribution in [0.15, 0.2) is 18.2 Å². The SMILES string of the molecule is CC1(C)CCCCC1C(NN)c1ccc(Cl)cc1F. The van der Waals surface area contributed by atoms with Gasteiger partial charge in [0.1, 0.15) is 5.82 Å². The van der Waals surface area contributed by atoms with Gasteiger partial charge in [0.05, 0.1) is 6.04 Å². The number of hydrogen-bond acceptors (Lipinski definition) is 2. The van der Waals surface area contributed by atoms with Crippen molar-refractivity contribution >= 4 is 11.6 Å². The quantitative estimate of drug-likeness (QED) is 0.645. The molecule has 4 heteroatoms. The van der Waals surface area contributed by atoms with Gasteiger partial charge >= 0.3 is 0 Å². The van der Waals surface area contributed by atoms with Gasteiger partial charge in [-0.15, -0.1) is 0 Å². The highest BCUT2D eigenvalue weighted by Gasteiger charge is 2.38. The summed E-state index contributed by atoms with van der Waals surface area (Å²) in [6, 6.07) is 4.66. The maximum atomic E-state index is 14.1. The first-order valence-electron chi connectivity index (χ1n) is 6.87. The lowest BCUT2D eigenvalue weighted by atomic mass is 9.65. The molecule has 2 atom stereocenters. The van der Waals surface area contributed by atoms with E-state index in [9.17, 15) is 4.39 Å². The van der Waals surface area contributed by atoms with E-state index in [2.05, 4.69) is 19.3 Å². The molecule has 1 saturated carbocycles. The Balaban J connectivity index is 2.33. The molecule has 2 rings (SSSR count). The molecule has 2 nitrogen and oxygen atoms in total. The average Bonchev–Trinajstić information content (AvgIpc) is 2.34. The zero-order valence-corrected chi connectivity index (χ0v) is 12.3. The summed E-state index contributed by atoms with van der Waals surface area (Å²) < 4.78 is 14.1. The van der Waals surface area contributed by atoms with Crippen molar-refractivity contribution in [2.24, 2.45) is 17.2 Å². The number of halogens is 2.